The van der Waals surface area contributed by atoms with E-state index in [4.69, 9.17) is 14.3 Å². The van der Waals surface area contributed by atoms with Gasteiger partial charge in [0.1, 0.15) is 5.82 Å². The van der Waals surface area contributed by atoms with Crippen molar-refractivity contribution in [1.29, 1.82) is 0 Å². The van der Waals surface area contributed by atoms with E-state index in [0.29, 0.717) is 67.2 Å². The van der Waals surface area contributed by atoms with Crippen molar-refractivity contribution in [1.82, 2.24) is 9.55 Å². The van der Waals surface area contributed by atoms with Gasteiger partial charge in [-0.3, -0.25) is 0 Å². The number of benzene rings is 7. The molecule has 5 nitrogen and oxygen atoms in total. The number of pyridine rings is 1. The molecule has 10 rings (SSSR count). The van der Waals surface area contributed by atoms with E-state index in [2.05, 4.69) is 37.9 Å². The van der Waals surface area contributed by atoms with Crippen molar-refractivity contribution >= 4 is 44.6 Å². The number of rotatable bonds is 7. The topological polar surface area (TPSA) is 33.5 Å². The van der Waals surface area contributed by atoms with Gasteiger partial charge in [0.15, 0.2) is 0 Å². The maximum absolute atomic E-state index is 9.50. The molecule has 0 spiro atoms. The van der Waals surface area contributed by atoms with Crippen LogP contribution in [-0.4, -0.2) is 9.55 Å². The van der Waals surface area contributed by atoms with Crippen molar-refractivity contribution in [3.8, 4) is 39.6 Å². The van der Waals surface area contributed by atoms with Crippen LogP contribution < -0.4 is 14.5 Å². The van der Waals surface area contributed by atoms with Gasteiger partial charge in [-0.25, -0.2) is 4.98 Å². The zero-order chi connectivity index (χ0) is 47.1. The summed E-state index contributed by atoms with van der Waals surface area (Å²) in [5.74, 6) is 1.12. The SMILES string of the molecule is [2H]c1c(-c2ccccc2)c(N2[CH-]N(c3[c-]c(Oc4[c-]c5c(cc4)c4c([2H])c([2H])c([2H])c([2H])c4n5-c4cc(C(C)(C)C)ccn4)ccc3)c3ccccc32)c(-c2ccccc2)c([2H])c1C([2H])([2H])[2H].[Pt]. The third-order valence-corrected chi connectivity index (χ3v) is 10.3. The van der Waals surface area contributed by atoms with Gasteiger partial charge in [0, 0.05) is 76.6 Å². The Labute approximate surface area is 373 Å². The minimum atomic E-state index is -2.74. The molecule has 59 heavy (non-hydrogen) atoms. The summed E-state index contributed by atoms with van der Waals surface area (Å²) >= 11 is 0. The molecular formula is C53H41N4OPt-3. The van der Waals surface area contributed by atoms with E-state index in [1.165, 1.54) is 0 Å². The number of aromatic nitrogens is 2. The van der Waals surface area contributed by atoms with Crippen LogP contribution in [-0.2, 0) is 26.5 Å². The van der Waals surface area contributed by atoms with Gasteiger partial charge in [-0.1, -0.05) is 117 Å². The standard InChI is InChI=1S/C53H41N4O.Pt/c1-36-30-45(37-16-7-5-8-17-37)52(46(31-36)38-18-9-6-10-19-38)56-35-55(48-24-13-14-25-49(48)56)40-20-15-21-41(33-40)58-42-26-27-44-43-22-11-12-23-47(43)57(50(44)34-42)51-32-39(28-29-54-51)53(2,3)4;/h5-32,35H,1-4H3;/q-3;/i1D3,11D,12D,22D,23D,30D,31D;. The zero-order valence-electron chi connectivity index (χ0n) is 41.3. The number of hydrogen-bond acceptors (Lipinski definition) is 4. The van der Waals surface area contributed by atoms with Crippen LogP contribution in [0.3, 0.4) is 0 Å². The van der Waals surface area contributed by atoms with Gasteiger partial charge in [-0.2, -0.15) is 12.1 Å². The molecule has 0 radical (unpaired) electrons. The summed E-state index contributed by atoms with van der Waals surface area (Å²) in [7, 11) is 0. The second kappa shape index (κ2) is 15.4. The molecule has 0 unspecified atom stereocenters. The van der Waals surface area contributed by atoms with Crippen LogP contribution in [0.5, 0.6) is 11.5 Å². The van der Waals surface area contributed by atoms with Gasteiger partial charge in [0.2, 0.25) is 0 Å². The van der Waals surface area contributed by atoms with Crippen LogP contribution in [0.25, 0.3) is 49.9 Å². The van der Waals surface area contributed by atoms with E-state index in [9.17, 15) is 2.74 Å². The Bertz CT molecular complexity index is 3360. The molecular weight excluding hydrogens is 904 g/mol. The molecule has 0 bridgehead atoms. The number of anilines is 4. The number of fused-ring (bicyclic) bond motifs is 4. The van der Waals surface area contributed by atoms with Gasteiger partial charge in [-0.05, 0) is 82.3 Å². The first-order valence-corrected chi connectivity index (χ1v) is 19.0. The quantitative estimate of drug-likeness (QED) is 0.149. The average Bonchev–Trinajstić information content (AvgIpc) is 3.86. The van der Waals surface area contributed by atoms with Gasteiger partial charge in [0.25, 0.3) is 0 Å². The van der Waals surface area contributed by atoms with Crippen LogP contribution in [0, 0.1) is 25.7 Å². The first-order chi connectivity index (χ1) is 32.0. The Morgan fingerprint density at radius 2 is 1.36 bits per heavy atom. The van der Waals surface area contributed by atoms with Gasteiger partial charge < -0.3 is 19.1 Å². The van der Waals surface area contributed by atoms with E-state index >= 15 is 0 Å². The van der Waals surface area contributed by atoms with Gasteiger partial charge in [0.05, 0.1) is 8.22 Å². The number of hydrogen-bond donors (Lipinski definition) is 0. The van der Waals surface area contributed by atoms with E-state index in [0.717, 1.165) is 16.9 Å². The molecule has 2 aromatic heterocycles. The Balaban J connectivity index is 0.00000578. The summed E-state index contributed by atoms with van der Waals surface area (Å²) in [6.07, 6.45) is 1.70. The molecule has 0 saturated heterocycles. The van der Waals surface area contributed by atoms with Crippen LogP contribution in [0.2, 0.25) is 0 Å². The molecule has 9 aromatic rings. The normalized spacial score (nSPS) is 14.9. The molecule has 1 aliphatic heterocycles. The minimum absolute atomic E-state index is 0. The fourth-order valence-corrected chi connectivity index (χ4v) is 7.55. The monoisotopic (exact) mass is 953 g/mol. The average molecular weight is 954 g/mol. The second-order valence-electron chi connectivity index (χ2n) is 15.1. The minimum Gasteiger partial charge on any atom is -0.509 e. The van der Waals surface area contributed by atoms with Crippen molar-refractivity contribution in [2.45, 2.75) is 33.0 Å². The fourth-order valence-electron chi connectivity index (χ4n) is 7.55. The fraction of sp³-hybridized carbons (Fsp3) is 0.0943. The van der Waals surface area contributed by atoms with E-state index in [-0.39, 0.29) is 73.8 Å². The molecule has 3 heterocycles. The van der Waals surface area contributed by atoms with Crippen molar-refractivity contribution < 1.29 is 38.1 Å². The van der Waals surface area contributed by atoms with Crippen LogP contribution in [0.1, 0.15) is 44.2 Å². The summed E-state index contributed by atoms with van der Waals surface area (Å²) in [6.45, 7) is 5.38. The Morgan fingerprint density at radius 3 is 2.05 bits per heavy atom. The Hall–Kier alpha value is -6.42. The Morgan fingerprint density at radius 1 is 0.695 bits per heavy atom. The molecule has 7 aromatic carbocycles. The first-order valence-electron chi connectivity index (χ1n) is 23.5. The summed E-state index contributed by atoms with van der Waals surface area (Å²) < 4.78 is 87.7. The summed E-state index contributed by atoms with van der Waals surface area (Å²) in [4.78, 5) is 8.53. The summed E-state index contributed by atoms with van der Waals surface area (Å²) in [6, 6.07) is 44.2. The summed E-state index contributed by atoms with van der Waals surface area (Å²) in [5, 5.41) is 0.906. The predicted octanol–water partition coefficient (Wildman–Crippen LogP) is 13.9. The van der Waals surface area contributed by atoms with Gasteiger partial charge >= 0.3 is 0 Å². The van der Waals surface area contributed by atoms with Crippen LogP contribution >= 0.6 is 0 Å². The molecule has 0 amide bonds. The number of nitrogens with zero attached hydrogens (tertiary/aromatic N) is 4. The van der Waals surface area contributed by atoms with E-state index < -0.39 is 6.85 Å². The third kappa shape index (κ3) is 7.00. The largest absolute Gasteiger partial charge is 0.509 e. The molecule has 0 aliphatic carbocycles. The summed E-state index contributed by atoms with van der Waals surface area (Å²) in [5.41, 5.74) is 5.71. The van der Waals surface area contributed by atoms with Crippen LogP contribution in [0.15, 0.2) is 170 Å². The van der Waals surface area contributed by atoms with Crippen molar-refractivity contribution in [3.05, 3.63) is 200 Å². The molecule has 292 valence electrons. The smallest absolute Gasteiger partial charge is 0.135 e. The Kier molecular flexibility index (Phi) is 7.54. The maximum atomic E-state index is 9.50. The number of para-hydroxylation sites is 3. The third-order valence-electron chi connectivity index (χ3n) is 10.3. The zero-order valence-corrected chi connectivity index (χ0v) is 34.6. The van der Waals surface area contributed by atoms with Crippen molar-refractivity contribution in [2.24, 2.45) is 0 Å². The van der Waals surface area contributed by atoms with Crippen molar-refractivity contribution in [3.63, 3.8) is 0 Å². The molecule has 0 fully saturated rings. The molecule has 1 aliphatic rings. The number of ether oxygens (including phenoxy) is 1. The molecule has 0 saturated carbocycles. The predicted molar refractivity (Wildman–Crippen MR) is 239 cm³/mol. The maximum Gasteiger partial charge on any atom is 0.135 e. The van der Waals surface area contributed by atoms with E-state index in [1.807, 2.05) is 126 Å². The first kappa shape index (κ1) is 28.9. The van der Waals surface area contributed by atoms with Gasteiger partial charge in [-0.15, -0.1) is 48.1 Å². The molecule has 0 N–H and O–H groups in total. The van der Waals surface area contributed by atoms with Crippen molar-refractivity contribution in [2.75, 3.05) is 9.80 Å². The molecule has 6 heteroatoms. The van der Waals surface area contributed by atoms with E-state index in [1.54, 1.807) is 29.0 Å². The van der Waals surface area contributed by atoms with Crippen LogP contribution in [0.4, 0.5) is 22.7 Å². The second-order valence-corrected chi connectivity index (χ2v) is 15.1. The molecule has 0 atom stereocenters.